The summed E-state index contributed by atoms with van der Waals surface area (Å²) in [5, 5.41) is 5.47. The Labute approximate surface area is 182 Å². The number of nitrogens with one attached hydrogen (secondary N) is 2. The zero-order valence-electron chi connectivity index (χ0n) is 17.8. The third-order valence-corrected chi connectivity index (χ3v) is 4.90. The number of hydrogen-bond donors (Lipinski definition) is 2. The summed E-state index contributed by atoms with van der Waals surface area (Å²) in [5.41, 5.74) is 0.647. The number of urea groups is 1. The van der Waals surface area contributed by atoms with E-state index in [1.165, 1.54) is 0 Å². The van der Waals surface area contributed by atoms with Crippen molar-refractivity contribution in [3.05, 3.63) is 48.7 Å². The molecule has 0 spiro atoms. The van der Waals surface area contributed by atoms with Crippen molar-refractivity contribution in [1.82, 2.24) is 15.2 Å². The monoisotopic (exact) mass is 427 g/mol. The number of nitrogens with zero attached hydrogens (tertiary/aromatic N) is 3. The number of benzene rings is 1. The van der Waals surface area contributed by atoms with Crippen molar-refractivity contribution < 1.29 is 19.1 Å². The number of rotatable bonds is 9. The second-order valence-electron chi connectivity index (χ2n) is 7.05. The van der Waals surface area contributed by atoms with Gasteiger partial charge in [0.2, 0.25) is 5.91 Å². The van der Waals surface area contributed by atoms with Crippen LogP contribution < -0.4 is 20.3 Å². The summed E-state index contributed by atoms with van der Waals surface area (Å²) in [6.07, 6.45) is 2.04. The van der Waals surface area contributed by atoms with Gasteiger partial charge in [0.25, 0.3) is 0 Å². The number of methoxy groups -OCH3 is 1. The molecule has 166 valence electrons. The molecule has 0 radical (unpaired) electrons. The van der Waals surface area contributed by atoms with Crippen LogP contribution in [0, 0.1) is 0 Å². The summed E-state index contributed by atoms with van der Waals surface area (Å²) in [6.45, 7) is 4.07. The molecule has 3 rings (SSSR count). The molecule has 0 unspecified atom stereocenters. The van der Waals surface area contributed by atoms with Gasteiger partial charge in [-0.2, -0.15) is 0 Å². The molecule has 31 heavy (non-hydrogen) atoms. The van der Waals surface area contributed by atoms with Crippen LogP contribution in [0.1, 0.15) is 6.42 Å². The van der Waals surface area contributed by atoms with Crippen molar-refractivity contribution in [1.29, 1.82) is 0 Å². The molecule has 0 atom stereocenters. The first-order valence-electron chi connectivity index (χ1n) is 10.4. The van der Waals surface area contributed by atoms with Gasteiger partial charge < -0.3 is 29.9 Å². The van der Waals surface area contributed by atoms with Crippen LogP contribution in [0.15, 0.2) is 48.7 Å². The van der Waals surface area contributed by atoms with Crippen LogP contribution >= 0.6 is 0 Å². The number of anilines is 2. The summed E-state index contributed by atoms with van der Waals surface area (Å²) in [5.74, 6) is 1.68. The zero-order valence-corrected chi connectivity index (χ0v) is 17.8. The number of carbonyl (C=O) groups excluding carboxylic acids is 2. The molecule has 0 bridgehead atoms. The molecule has 2 heterocycles. The van der Waals surface area contributed by atoms with E-state index in [9.17, 15) is 9.59 Å². The first-order chi connectivity index (χ1) is 15.2. The number of carbonyl (C=O) groups is 2. The molecule has 1 fully saturated rings. The lowest BCUT2D eigenvalue weighted by atomic mass is 10.2. The first-order valence-corrected chi connectivity index (χ1v) is 10.4. The molecule has 1 aromatic carbocycles. The van der Waals surface area contributed by atoms with Crippen molar-refractivity contribution in [3.63, 3.8) is 0 Å². The fourth-order valence-corrected chi connectivity index (χ4v) is 3.22. The van der Waals surface area contributed by atoms with E-state index >= 15 is 0 Å². The lowest BCUT2D eigenvalue weighted by Crippen LogP contribution is -2.49. The van der Waals surface area contributed by atoms with E-state index in [0.717, 1.165) is 18.9 Å². The highest BCUT2D eigenvalue weighted by atomic mass is 16.5. The van der Waals surface area contributed by atoms with Crippen molar-refractivity contribution >= 4 is 23.4 Å². The molecule has 2 N–H and O–H groups in total. The van der Waals surface area contributed by atoms with E-state index in [0.29, 0.717) is 37.7 Å². The number of piperazine rings is 1. The number of amides is 3. The molecule has 0 saturated carbocycles. The van der Waals surface area contributed by atoms with Crippen LogP contribution in [0.3, 0.4) is 0 Å². The Bertz CT molecular complexity index is 824. The summed E-state index contributed by atoms with van der Waals surface area (Å²) < 4.78 is 10.4. The first kappa shape index (κ1) is 22.4. The summed E-state index contributed by atoms with van der Waals surface area (Å²) in [4.78, 5) is 32.8. The summed E-state index contributed by atoms with van der Waals surface area (Å²) in [6, 6.07) is 12.5. The third kappa shape index (κ3) is 7.14. The predicted octanol–water partition coefficient (Wildman–Crippen LogP) is 1.97. The van der Waals surface area contributed by atoms with Crippen molar-refractivity contribution in [2.24, 2.45) is 0 Å². The molecule has 3 amide bonds. The fourth-order valence-electron chi connectivity index (χ4n) is 3.22. The third-order valence-electron chi connectivity index (χ3n) is 4.90. The predicted molar refractivity (Wildman–Crippen MR) is 118 cm³/mol. The van der Waals surface area contributed by atoms with Crippen LogP contribution in [-0.2, 0) is 9.53 Å². The largest absolute Gasteiger partial charge is 0.491 e. The van der Waals surface area contributed by atoms with Crippen LogP contribution in [0.4, 0.5) is 16.3 Å². The number of aromatic nitrogens is 1. The van der Waals surface area contributed by atoms with Crippen LogP contribution in [0.5, 0.6) is 5.75 Å². The minimum absolute atomic E-state index is 0.0403. The molecule has 1 aliphatic rings. The Morgan fingerprint density at radius 3 is 2.48 bits per heavy atom. The second kappa shape index (κ2) is 11.8. The highest BCUT2D eigenvalue weighted by Crippen LogP contribution is 2.16. The normalized spacial score (nSPS) is 13.6. The van der Waals surface area contributed by atoms with Gasteiger partial charge in [-0.05, 0) is 36.4 Å². The number of ether oxygens (including phenoxy) is 2. The van der Waals surface area contributed by atoms with Crippen LogP contribution in [0.2, 0.25) is 0 Å². The molecule has 1 aromatic heterocycles. The average Bonchev–Trinajstić information content (AvgIpc) is 2.81. The molecule has 1 saturated heterocycles. The molecule has 9 heteroatoms. The van der Waals surface area contributed by atoms with Gasteiger partial charge in [0.15, 0.2) is 0 Å². The van der Waals surface area contributed by atoms with Gasteiger partial charge in [-0.3, -0.25) is 4.79 Å². The van der Waals surface area contributed by atoms with Crippen LogP contribution in [0.25, 0.3) is 0 Å². The average molecular weight is 428 g/mol. The quantitative estimate of drug-likeness (QED) is 0.594. The highest BCUT2D eigenvalue weighted by Gasteiger charge is 2.21. The SMILES string of the molecule is COCCOc1ccc(NC(=O)NCCC(=O)N2CCN(c3ccccn3)CC2)cc1. The topological polar surface area (TPSA) is 96.0 Å². The van der Waals surface area contributed by atoms with E-state index < -0.39 is 0 Å². The number of hydrogen-bond acceptors (Lipinski definition) is 6. The van der Waals surface area contributed by atoms with Gasteiger partial charge in [-0.25, -0.2) is 9.78 Å². The van der Waals surface area contributed by atoms with E-state index in [1.54, 1.807) is 37.6 Å². The van der Waals surface area contributed by atoms with Gasteiger partial charge in [0.1, 0.15) is 18.2 Å². The maximum Gasteiger partial charge on any atom is 0.319 e. The summed E-state index contributed by atoms with van der Waals surface area (Å²) in [7, 11) is 1.62. The molecule has 9 nitrogen and oxygen atoms in total. The number of pyridine rings is 1. The standard InChI is InChI=1S/C22H29N5O4/c1-30-16-17-31-19-7-5-18(6-8-19)25-22(29)24-11-9-21(28)27-14-12-26(13-15-27)20-4-2-3-10-23-20/h2-8,10H,9,11-17H2,1H3,(H2,24,25,29). The Balaban J connectivity index is 1.32. The minimum atomic E-state index is -0.346. The highest BCUT2D eigenvalue weighted by molar-refractivity contribution is 5.89. The lowest BCUT2D eigenvalue weighted by molar-refractivity contribution is -0.131. The zero-order chi connectivity index (χ0) is 21.9. The molecule has 1 aliphatic heterocycles. The van der Waals surface area contributed by atoms with Gasteiger partial charge in [-0.1, -0.05) is 6.07 Å². The van der Waals surface area contributed by atoms with E-state index in [1.807, 2.05) is 23.1 Å². The fraction of sp³-hybridized carbons (Fsp3) is 0.409. The maximum atomic E-state index is 12.4. The maximum absolute atomic E-state index is 12.4. The van der Waals surface area contributed by atoms with E-state index in [-0.39, 0.29) is 24.9 Å². The van der Waals surface area contributed by atoms with Crippen molar-refractivity contribution in [2.75, 3.05) is 63.3 Å². The minimum Gasteiger partial charge on any atom is -0.491 e. The smallest absolute Gasteiger partial charge is 0.319 e. The van der Waals surface area contributed by atoms with Gasteiger partial charge in [0.05, 0.1) is 6.61 Å². The lowest BCUT2D eigenvalue weighted by Gasteiger charge is -2.35. The summed E-state index contributed by atoms with van der Waals surface area (Å²) >= 11 is 0. The molecular formula is C22H29N5O4. The van der Waals surface area contributed by atoms with Crippen LogP contribution in [-0.4, -0.2) is 74.9 Å². The van der Waals surface area contributed by atoms with Crippen molar-refractivity contribution in [3.8, 4) is 5.75 Å². The van der Waals surface area contributed by atoms with Gasteiger partial charge >= 0.3 is 6.03 Å². The Morgan fingerprint density at radius 1 is 1.03 bits per heavy atom. The Morgan fingerprint density at radius 2 is 1.81 bits per heavy atom. The molecular weight excluding hydrogens is 398 g/mol. The Hall–Kier alpha value is -3.33. The van der Waals surface area contributed by atoms with Gasteiger partial charge in [0, 0.05) is 58.1 Å². The molecule has 2 aromatic rings. The van der Waals surface area contributed by atoms with Crippen molar-refractivity contribution in [2.45, 2.75) is 6.42 Å². The molecule has 0 aliphatic carbocycles. The van der Waals surface area contributed by atoms with E-state index in [4.69, 9.17) is 9.47 Å². The Kier molecular flexibility index (Phi) is 8.48. The van der Waals surface area contributed by atoms with E-state index in [2.05, 4.69) is 20.5 Å². The van der Waals surface area contributed by atoms with Gasteiger partial charge in [-0.15, -0.1) is 0 Å². The second-order valence-corrected chi connectivity index (χ2v) is 7.05.